The molecule has 0 bridgehead atoms. The number of hydrogen-bond donors (Lipinski definition) is 0. The normalized spacial score (nSPS) is 16.6. The first-order valence-electron chi connectivity index (χ1n) is 3.31. The summed E-state index contributed by atoms with van der Waals surface area (Å²) in [6.45, 7) is 1.44. The zero-order valence-electron chi connectivity index (χ0n) is 5.52. The molecule has 1 fully saturated rings. The molecule has 0 saturated heterocycles. The standard InChI is InChI=1S/C5H10.C2H4O.H2/c1-2-4-5-3-1;1-2-3;/h1-5H2;2H,1H3;1H. The average molecular weight is 116 g/mol. The number of rotatable bonds is 0. The summed E-state index contributed by atoms with van der Waals surface area (Å²) >= 11 is 0. The second kappa shape index (κ2) is 6.67. The van der Waals surface area contributed by atoms with E-state index in [0.29, 0.717) is 0 Å². The molecule has 1 aliphatic rings. The Labute approximate surface area is 52.6 Å². The highest BCUT2D eigenvalue weighted by Crippen LogP contribution is 2.15. The van der Waals surface area contributed by atoms with Crippen molar-refractivity contribution >= 4 is 6.29 Å². The number of carbonyl (C=O) groups excluding carboxylic acids is 1. The maximum absolute atomic E-state index is 8.81. The molecule has 0 aromatic rings. The van der Waals surface area contributed by atoms with Crippen molar-refractivity contribution in [2.45, 2.75) is 39.0 Å². The molecule has 0 atom stereocenters. The van der Waals surface area contributed by atoms with Gasteiger partial charge in [-0.25, -0.2) is 0 Å². The van der Waals surface area contributed by atoms with Crippen LogP contribution in [0.2, 0.25) is 0 Å². The Morgan fingerprint density at radius 1 is 1.12 bits per heavy atom. The molecule has 50 valence electrons. The highest BCUT2D eigenvalue weighted by molar-refractivity contribution is 5.44. The molecule has 1 rings (SSSR count). The smallest absolute Gasteiger partial charge is 0.116 e. The molecule has 0 amide bonds. The fourth-order valence-corrected chi connectivity index (χ4v) is 0.884. The van der Waals surface area contributed by atoms with Crippen LogP contribution in [0.1, 0.15) is 40.5 Å². The Morgan fingerprint density at radius 2 is 1.25 bits per heavy atom. The van der Waals surface area contributed by atoms with Crippen molar-refractivity contribution in [3.05, 3.63) is 0 Å². The van der Waals surface area contributed by atoms with Crippen molar-refractivity contribution < 1.29 is 6.22 Å². The van der Waals surface area contributed by atoms with Gasteiger partial charge in [-0.15, -0.1) is 0 Å². The van der Waals surface area contributed by atoms with Crippen LogP contribution in [-0.2, 0) is 4.79 Å². The Kier molecular flexibility index (Phi) is 6.39. The summed E-state index contributed by atoms with van der Waals surface area (Å²) in [5, 5.41) is 0. The van der Waals surface area contributed by atoms with E-state index < -0.39 is 0 Å². The molecule has 0 radical (unpaired) electrons. The van der Waals surface area contributed by atoms with Gasteiger partial charge in [0, 0.05) is 1.43 Å². The van der Waals surface area contributed by atoms with E-state index in [0.717, 1.165) is 6.29 Å². The molecule has 0 aromatic carbocycles. The average Bonchev–Trinajstić information content (AvgIpc) is 2.17. The van der Waals surface area contributed by atoms with E-state index in [1.54, 1.807) is 0 Å². The van der Waals surface area contributed by atoms with Gasteiger partial charge in [0.15, 0.2) is 0 Å². The summed E-state index contributed by atoms with van der Waals surface area (Å²) in [5.74, 6) is 0. The number of hydrogen-bond acceptors (Lipinski definition) is 1. The van der Waals surface area contributed by atoms with E-state index in [2.05, 4.69) is 0 Å². The summed E-state index contributed by atoms with van der Waals surface area (Å²) in [6.07, 6.45) is 8.25. The lowest BCUT2D eigenvalue weighted by molar-refractivity contribution is -0.106. The first-order chi connectivity index (χ1) is 3.91. The summed E-state index contributed by atoms with van der Waals surface area (Å²) in [4.78, 5) is 8.81. The van der Waals surface area contributed by atoms with E-state index in [9.17, 15) is 0 Å². The predicted molar refractivity (Wildman–Crippen MR) is 36.9 cm³/mol. The fraction of sp³-hybridized carbons (Fsp3) is 0.857. The van der Waals surface area contributed by atoms with Crippen LogP contribution in [0.25, 0.3) is 0 Å². The van der Waals surface area contributed by atoms with E-state index >= 15 is 0 Å². The van der Waals surface area contributed by atoms with Gasteiger partial charge in [0.2, 0.25) is 0 Å². The van der Waals surface area contributed by atoms with Gasteiger partial charge in [0.1, 0.15) is 6.29 Å². The van der Waals surface area contributed by atoms with Gasteiger partial charge in [0.25, 0.3) is 0 Å². The predicted octanol–water partition coefficient (Wildman–Crippen LogP) is 2.40. The lowest BCUT2D eigenvalue weighted by Gasteiger charge is -1.67. The molecule has 1 nitrogen and oxygen atoms in total. The Bertz CT molecular complexity index is 43.3. The Hall–Kier alpha value is -0.330. The molecule has 0 unspecified atom stereocenters. The third-order valence-corrected chi connectivity index (χ3v) is 1.25. The monoisotopic (exact) mass is 116 g/mol. The molecule has 0 spiro atoms. The number of carbonyl (C=O) groups is 1. The van der Waals surface area contributed by atoms with Crippen LogP contribution in [0.4, 0.5) is 0 Å². The molecule has 8 heavy (non-hydrogen) atoms. The van der Waals surface area contributed by atoms with Crippen molar-refractivity contribution in [2.24, 2.45) is 0 Å². The fourth-order valence-electron chi connectivity index (χ4n) is 0.884. The SMILES string of the molecule is C1CCCC1.CC=O.[HH]. The second-order valence-corrected chi connectivity index (χ2v) is 2.00. The largest absolute Gasteiger partial charge is 0.304 e. The molecule has 0 heterocycles. The summed E-state index contributed by atoms with van der Waals surface area (Å²) in [5.41, 5.74) is 0. The molecule has 1 aliphatic carbocycles. The van der Waals surface area contributed by atoms with Crippen LogP contribution in [0, 0.1) is 0 Å². The van der Waals surface area contributed by atoms with Gasteiger partial charge in [-0.05, 0) is 6.92 Å². The van der Waals surface area contributed by atoms with E-state index in [1.165, 1.54) is 39.0 Å². The van der Waals surface area contributed by atoms with Gasteiger partial charge in [-0.2, -0.15) is 0 Å². The molecular weight excluding hydrogens is 100 g/mol. The maximum Gasteiger partial charge on any atom is 0.116 e. The Balaban J connectivity index is 0. The highest BCUT2D eigenvalue weighted by atomic mass is 16.1. The topological polar surface area (TPSA) is 17.1 Å². The third kappa shape index (κ3) is 5.67. The van der Waals surface area contributed by atoms with Crippen LogP contribution >= 0.6 is 0 Å². The second-order valence-electron chi connectivity index (χ2n) is 2.00. The van der Waals surface area contributed by atoms with E-state index in [1.807, 2.05) is 0 Å². The van der Waals surface area contributed by atoms with Gasteiger partial charge in [-0.3, -0.25) is 0 Å². The number of aldehydes is 1. The van der Waals surface area contributed by atoms with E-state index in [4.69, 9.17) is 4.79 Å². The Morgan fingerprint density at radius 3 is 1.38 bits per heavy atom. The highest BCUT2D eigenvalue weighted by Gasteiger charge is 1.95. The zero-order chi connectivity index (χ0) is 6.24. The van der Waals surface area contributed by atoms with E-state index in [-0.39, 0.29) is 1.43 Å². The van der Waals surface area contributed by atoms with Gasteiger partial charge in [0.05, 0.1) is 0 Å². The lowest BCUT2D eigenvalue weighted by atomic mass is 10.4. The van der Waals surface area contributed by atoms with Crippen molar-refractivity contribution in [1.29, 1.82) is 0 Å². The minimum atomic E-state index is 0. The van der Waals surface area contributed by atoms with Crippen molar-refractivity contribution in [3.63, 3.8) is 0 Å². The van der Waals surface area contributed by atoms with Crippen molar-refractivity contribution in [3.8, 4) is 0 Å². The quantitative estimate of drug-likeness (QED) is 0.444. The molecule has 1 heteroatoms. The molecule has 0 N–H and O–H groups in total. The first-order valence-corrected chi connectivity index (χ1v) is 3.31. The minimum absolute atomic E-state index is 0. The van der Waals surface area contributed by atoms with Crippen LogP contribution in [0.5, 0.6) is 0 Å². The molecule has 1 saturated carbocycles. The molecule has 0 aliphatic heterocycles. The third-order valence-electron chi connectivity index (χ3n) is 1.25. The van der Waals surface area contributed by atoms with Crippen LogP contribution in [0.15, 0.2) is 0 Å². The van der Waals surface area contributed by atoms with Gasteiger partial charge in [-0.1, -0.05) is 32.1 Å². The van der Waals surface area contributed by atoms with Crippen molar-refractivity contribution in [1.82, 2.24) is 0 Å². The first kappa shape index (κ1) is 7.67. The summed E-state index contributed by atoms with van der Waals surface area (Å²) < 4.78 is 0. The minimum Gasteiger partial charge on any atom is -0.304 e. The van der Waals surface area contributed by atoms with Gasteiger partial charge < -0.3 is 4.79 Å². The zero-order valence-corrected chi connectivity index (χ0v) is 5.52. The van der Waals surface area contributed by atoms with Crippen LogP contribution < -0.4 is 0 Å². The lowest BCUT2D eigenvalue weighted by Crippen LogP contribution is -1.47. The summed E-state index contributed by atoms with van der Waals surface area (Å²) in [6, 6.07) is 0. The maximum atomic E-state index is 8.81. The van der Waals surface area contributed by atoms with Crippen LogP contribution in [0.3, 0.4) is 0 Å². The summed E-state index contributed by atoms with van der Waals surface area (Å²) in [7, 11) is 0. The molecular formula is C7H16O. The van der Waals surface area contributed by atoms with Gasteiger partial charge >= 0.3 is 0 Å². The van der Waals surface area contributed by atoms with Crippen LogP contribution in [-0.4, -0.2) is 6.29 Å². The molecule has 0 aromatic heterocycles. The van der Waals surface area contributed by atoms with Crippen molar-refractivity contribution in [2.75, 3.05) is 0 Å².